The van der Waals surface area contributed by atoms with Crippen molar-refractivity contribution in [1.29, 1.82) is 0 Å². The van der Waals surface area contributed by atoms with E-state index in [2.05, 4.69) is 15.2 Å². The lowest BCUT2D eigenvalue weighted by atomic mass is 9.98. The lowest BCUT2D eigenvalue weighted by Gasteiger charge is -2.14. The van der Waals surface area contributed by atoms with Crippen LogP contribution in [0.2, 0.25) is 5.02 Å². The number of nitrogens with zero attached hydrogens (tertiary/aromatic N) is 2. The first-order chi connectivity index (χ1) is 10.2. The highest BCUT2D eigenvalue weighted by atomic mass is 35.5. The van der Waals surface area contributed by atoms with Gasteiger partial charge in [-0.3, -0.25) is 9.89 Å². The molecule has 2 aromatic rings. The Kier molecular flexibility index (Phi) is 3.92. The first-order valence-corrected chi connectivity index (χ1v) is 7.41. The zero-order valence-corrected chi connectivity index (χ0v) is 12.4. The Labute approximate surface area is 127 Å². The highest BCUT2D eigenvalue weighted by molar-refractivity contribution is 6.31. The maximum atomic E-state index is 12.3. The zero-order valence-electron chi connectivity index (χ0n) is 11.7. The summed E-state index contributed by atoms with van der Waals surface area (Å²) in [4.78, 5) is 16.8. The van der Waals surface area contributed by atoms with Gasteiger partial charge in [-0.1, -0.05) is 29.8 Å². The third-order valence-electron chi connectivity index (χ3n) is 3.48. The molecule has 1 aromatic heterocycles. The Morgan fingerprint density at radius 1 is 1.48 bits per heavy atom. The molecule has 21 heavy (non-hydrogen) atoms. The fourth-order valence-corrected chi connectivity index (χ4v) is 2.51. The number of rotatable bonds is 5. The number of carbonyl (C=O) groups is 1. The molecule has 1 aliphatic rings. The van der Waals surface area contributed by atoms with Gasteiger partial charge in [0.15, 0.2) is 5.82 Å². The smallest absolute Gasteiger partial charge is 0.321 e. The second kappa shape index (κ2) is 5.85. The number of halogens is 1. The van der Waals surface area contributed by atoms with Crippen LogP contribution in [0.3, 0.4) is 0 Å². The summed E-state index contributed by atoms with van der Waals surface area (Å²) in [5.74, 6) is 0.629. The van der Waals surface area contributed by atoms with E-state index in [0.29, 0.717) is 28.9 Å². The minimum absolute atomic E-state index is 0.305. The third kappa shape index (κ3) is 2.93. The fraction of sp³-hybridized carbons (Fsp3) is 0.400. The van der Waals surface area contributed by atoms with Crippen LogP contribution < -0.4 is 0 Å². The predicted octanol–water partition coefficient (Wildman–Crippen LogP) is 3.03. The topological polar surface area (TPSA) is 67.9 Å². The first-order valence-electron chi connectivity index (χ1n) is 7.04. The fourth-order valence-electron chi connectivity index (χ4n) is 2.26. The number of hydrogen-bond donors (Lipinski definition) is 1. The number of H-pyrrole nitrogens is 1. The monoisotopic (exact) mass is 305 g/mol. The molecule has 0 bridgehead atoms. The molecule has 5 nitrogen and oxygen atoms in total. The Hall–Kier alpha value is -1.88. The number of hydrogen-bond acceptors (Lipinski definition) is 4. The molecule has 1 heterocycles. The third-order valence-corrected chi connectivity index (χ3v) is 3.82. The van der Waals surface area contributed by atoms with Crippen molar-refractivity contribution in [3.63, 3.8) is 0 Å². The zero-order chi connectivity index (χ0) is 14.8. The van der Waals surface area contributed by atoms with Crippen molar-refractivity contribution in [2.45, 2.75) is 31.6 Å². The summed E-state index contributed by atoms with van der Waals surface area (Å²) in [6.07, 6.45) is 2.23. The second-order valence-electron chi connectivity index (χ2n) is 5.06. The van der Waals surface area contributed by atoms with Gasteiger partial charge in [-0.15, -0.1) is 0 Å². The van der Waals surface area contributed by atoms with Crippen LogP contribution in [-0.4, -0.2) is 27.8 Å². The second-order valence-corrected chi connectivity index (χ2v) is 5.47. The Morgan fingerprint density at radius 3 is 2.90 bits per heavy atom. The van der Waals surface area contributed by atoms with E-state index in [4.69, 9.17) is 16.3 Å². The van der Waals surface area contributed by atoms with Gasteiger partial charge in [0.05, 0.1) is 6.61 Å². The van der Waals surface area contributed by atoms with Gasteiger partial charge in [0.2, 0.25) is 0 Å². The largest absolute Gasteiger partial charge is 0.465 e. The Bertz CT molecular complexity index is 652. The summed E-state index contributed by atoms with van der Waals surface area (Å²) in [5, 5.41) is 7.63. The first kappa shape index (κ1) is 14.1. The van der Waals surface area contributed by atoms with Crippen molar-refractivity contribution in [2.75, 3.05) is 6.61 Å². The van der Waals surface area contributed by atoms with E-state index in [-0.39, 0.29) is 5.97 Å². The van der Waals surface area contributed by atoms with Crippen molar-refractivity contribution in [2.24, 2.45) is 0 Å². The lowest BCUT2D eigenvalue weighted by molar-refractivity contribution is -0.144. The molecule has 0 radical (unpaired) electrons. The number of benzene rings is 1. The Morgan fingerprint density at radius 2 is 2.24 bits per heavy atom. The summed E-state index contributed by atoms with van der Waals surface area (Å²) in [6, 6.07) is 7.21. The molecule has 1 aliphatic carbocycles. The van der Waals surface area contributed by atoms with Crippen LogP contribution >= 0.6 is 11.6 Å². The number of carbonyl (C=O) groups excluding carboxylic acids is 1. The van der Waals surface area contributed by atoms with Crippen LogP contribution in [-0.2, 0) is 9.53 Å². The van der Waals surface area contributed by atoms with Gasteiger partial charge in [0, 0.05) is 10.9 Å². The molecule has 0 saturated heterocycles. The maximum absolute atomic E-state index is 12.3. The molecule has 0 aliphatic heterocycles. The molecule has 1 aromatic carbocycles. The van der Waals surface area contributed by atoms with E-state index < -0.39 is 5.92 Å². The SMILES string of the molecule is CCOC(=O)C(c1n[nH]c(C2CC2)n1)c1ccccc1Cl. The van der Waals surface area contributed by atoms with Crippen LogP contribution in [0.15, 0.2) is 24.3 Å². The molecular formula is C15H16ClN3O2. The van der Waals surface area contributed by atoms with E-state index in [9.17, 15) is 4.79 Å². The predicted molar refractivity (Wildman–Crippen MR) is 78.3 cm³/mol. The molecular weight excluding hydrogens is 290 g/mol. The minimum Gasteiger partial charge on any atom is -0.465 e. The van der Waals surface area contributed by atoms with Gasteiger partial charge in [-0.05, 0) is 31.4 Å². The van der Waals surface area contributed by atoms with Crippen LogP contribution in [0, 0.1) is 0 Å². The van der Waals surface area contributed by atoms with Gasteiger partial charge in [0.1, 0.15) is 11.7 Å². The summed E-state index contributed by atoms with van der Waals surface area (Å²) < 4.78 is 5.16. The van der Waals surface area contributed by atoms with E-state index in [1.165, 1.54) is 0 Å². The molecule has 0 amide bonds. The molecule has 1 fully saturated rings. The number of ether oxygens (including phenoxy) is 1. The molecule has 1 atom stereocenters. The van der Waals surface area contributed by atoms with Gasteiger partial charge < -0.3 is 4.74 Å². The lowest BCUT2D eigenvalue weighted by Crippen LogP contribution is -2.19. The van der Waals surface area contributed by atoms with E-state index in [0.717, 1.165) is 18.7 Å². The number of aromatic nitrogens is 3. The molecule has 1 saturated carbocycles. The molecule has 1 unspecified atom stereocenters. The maximum Gasteiger partial charge on any atom is 0.321 e. The quantitative estimate of drug-likeness (QED) is 0.862. The summed E-state index contributed by atoms with van der Waals surface area (Å²) >= 11 is 6.22. The summed E-state index contributed by atoms with van der Waals surface area (Å²) in [6.45, 7) is 2.08. The number of esters is 1. The number of aromatic amines is 1. The van der Waals surface area contributed by atoms with E-state index in [1.54, 1.807) is 19.1 Å². The van der Waals surface area contributed by atoms with Crippen molar-refractivity contribution in [1.82, 2.24) is 15.2 Å². The van der Waals surface area contributed by atoms with Crippen molar-refractivity contribution < 1.29 is 9.53 Å². The highest BCUT2D eigenvalue weighted by Gasteiger charge is 2.33. The normalized spacial score (nSPS) is 15.7. The van der Waals surface area contributed by atoms with Gasteiger partial charge in [-0.2, -0.15) is 5.10 Å². The molecule has 110 valence electrons. The van der Waals surface area contributed by atoms with Gasteiger partial charge >= 0.3 is 5.97 Å². The minimum atomic E-state index is -0.692. The van der Waals surface area contributed by atoms with Gasteiger partial charge in [-0.25, -0.2) is 4.98 Å². The number of nitrogens with one attached hydrogen (secondary N) is 1. The summed E-state index contributed by atoms with van der Waals surface area (Å²) in [5.41, 5.74) is 0.666. The molecule has 6 heteroatoms. The van der Waals surface area contributed by atoms with E-state index >= 15 is 0 Å². The molecule has 0 spiro atoms. The average molecular weight is 306 g/mol. The van der Waals surface area contributed by atoms with Crippen molar-refractivity contribution in [3.8, 4) is 0 Å². The van der Waals surface area contributed by atoms with Crippen molar-refractivity contribution in [3.05, 3.63) is 46.5 Å². The average Bonchev–Trinajstić information content (AvgIpc) is 3.21. The van der Waals surface area contributed by atoms with Crippen LogP contribution in [0.4, 0.5) is 0 Å². The summed E-state index contributed by atoms with van der Waals surface area (Å²) in [7, 11) is 0. The standard InChI is InChI=1S/C15H16ClN3O2/c1-2-21-15(20)12(10-5-3-4-6-11(10)16)14-17-13(18-19-14)9-7-8-9/h3-6,9,12H,2,7-8H2,1H3,(H,17,18,19). The van der Waals surface area contributed by atoms with Crippen LogP contribution in [0.1, 0.15) is 48.8 Å². The highest BCUT2D eigenvalue weighted by Crippen LogP contribution is 2.39. The molecule has 3 rings (SSSR count). The Balaban J connectivity index is 1.98. The van der Waals surface area contributed by atoms with Crippen molar-refractivity contribution >= 4 is 17.6 Å². The van der Waals surface area contributed by atoms with E-state index in [1.807, 2.05) is 12.1 Å². The molecule has 1 N–H and O–H groups in total. The van der Waals surface area contributed by atoms with Gasteiger partial charge in [0.25, 0.3) is 0 Å². The van der Waals surface area contributed by atoms with Crippen LogP contribution in [0.25, 0.3) is 0 Å². The van der Waals surface area contributed by atoms with Crippen LogP contribution in [0.5, 0.6) is 0 Å².